The van der Waals surface area contributed by atoms with Gasteiger partial charge in [-0.1, -0.05) is 24.3 Å². The first-order chi connectivity index (χ1) is 19.4. The van der Waals surface area contributed by atoms with E-state index in [9.17, 15) is 14.7 Å². The molecule has 0 atom stereocenters. The number of amides is 1. The zero-order valence-corrected chi connectivity index (χ0v) is 23.0. The molecule has 2 aliphatic rings. The molecule has 3 aromatic carbocycles. The van der Waals surface area contributed by atoms with E-state index in [4.69, 9.17) is 19.2 Å². The highest BCUT2D eigenvalue weighted by Gasteiger charge is 2.31. The van der Waals surface area contributed by atoms with Crippen molar-refractivity contribution in [2.24, 2.45) is 4.99 Å². The fraction of sp³-hybridized carbons (Fsp3) is 0.233. The number of amidine groups is 1. The Labute approximate surface area is 236 Å². The van der Waals surface area contributed by atoms with Gasteiger partial charge in [0.25, 0.3) is 5.91 Å². The molecule has 3 aromatic rings. The van der Waals surface area contributed by atoms with E-state index in [2.05, 4.69) is 4.90 Å². The summed E-state index contributed by atoms with van der Waals surface area (Å²) in [5.74, 6) is -0.215. The molecule has 206 valence electrons. The number of morpholine rings is 1. The molecule has 10 heteroatoms. The molecule has 0 saturated carbocycles. The minimum Gasteiger partial charge on any atom is -0.493 e. The lowest BCUT2D eigenvalue weighted by Crippen LogP contribution is -2.36. The zero-order valence-electron chi connectivity index (χ0n) is 22.2. The molecular weight excluding hydrogens is 530 g/mol. The van der Waals surface area contributed by atoms with Crippen molar-refractivity contribution in [1.29, 1.82) is 0 Å². The number of thioether (sulfide) groups is 1. The van der Waals surface area contributed by atoms with Gasteiger partial charge >= 0.3 is 5.97 Å². The van der Waals surface area contributed by atoms with E-state index in [1.54, 1.807) is 44.5 Å². The molecule has 2 aliphatic heterocycles. The average molecular weight is 560 g/mol. The number of para-hydroxylation sites is 1. The number of anilines is 1. The van der Waals surface area contributed by atoms with Gasteiger partial charge in [-0.2, -0.15) is 0 Å². The summed E-state index contributed by atoms with van der Waals surface area (Å²) < 4.78 is 17.0. The highest BCUT2D eigenvalue weighted by molar-refractivity contribution is 8.18. The predicted molar refractivity (Wildman–Crippen MR) is 156 cm³/mol. The van der Waals surface area contributed by atoms with E-state index in [-0.39, 0.29) is 18.1 Å². The van der Waals surface area contributed by atoms with Crippen LogP contribution in [0.25, 0.3) is 6.08 Å². The maximum Gasteiger partial charge on any atom is 0.335 e. The van der Waals surface area contributed by atoms with Crippen LogP contribution in [0.15, 0.2) is 76.6 Å². The van der Waals surface area contributed by atoms with E-state index in [0.29, 0.717) is 32.7 Å². The van der Waals surface area contributed by atoms with Crippen LogP contribution in [0.2, 0.25) is 0 Å². The maximum atomic E-state index is 13.1. The molecule has 5 rings (SSSR count). The molecule has 40 heavy (non-hydrogen) atoms. The van der Waals surface area contributed by atoms with Crippen LogP contribution in [-0.4, -0.2) is 67.5 Å². The van der Waals surface area contributed by atoms with Crippen molar-refractivity contribution in [3.63, 3.8) is 0 Å². The highest BCUT2D eigenvalue weighted by Crippen LogP contribution is 2.38. The Kier molecular flexibility index (Phi) is 8.37. The standard InChI is InChI=1S/C30H29N3O6S/c1-32-28(34)26(40-30(32)31-23-9-11-24(12-10-23)33-13-15-38-16-14-33)18-21-6-4-8-25(37-2)27(21)39-19-20-5-3-7-22(17-20)29(35)36/h3-12,17-18H,13-16,19H2,1-2H3,(H,35,36)/b26-18+,31-30?. The van der Waals surface area contributed by atoms with Crippen molar-refractivity contribution in [1.82, 2.24) is 4.90 Å². The van der Waals surface area contributed by atoms with Crippen LogP contribution in [0.5, 0.6) is 11.5 Å². The molecule has 0 aliphatic carbocycles. The number of nitrogens with zero attached hydrogens (tertiary/aromatic N) is 3. The zero-order chi connectivity index (χ0) is 28.1. The Balaban J connectivity index is 1.36. The summed E-state index contributed by atoms with van der Waals surface area (Å²) >= 11 is 1.29. The Morgan fingerprint density at radius 3 is 2.58 bits per heavy atom. The lowest BCUT2D eigenvalue weighted by molar-refractivity contribution is -0.121. The van der Waals surface area contributed by atoms with Crippen molar-refractivity contribution >= 4 is 46.3 Å². The first-order valence-electron chi connectivity index (χ1n) is 12.7. The minimum atomic E-state index is -1.00. The number of methoxy groups -OCH3 is 1. The summed E-state index contributed by atoms with van der Waals surface area (Å²) in [5.41, 5.74) is 3.42. The molecule has 0 unspecified atom stereocenters. The Bertz CT molecular complexity index is 1460. The molecular formula is C30H29N3O6S. The number of carboxylic acids is 1. The predicted octanol–water partition coefficient (Wildman–Crippen LogP) is 5.04. The normalized spacial score (nSPS) is 17.5. The molecule has 0 radical (unpaired) electrons. The second kappa shape index (κ2) is 12.3. The lowest BCUT2D eigenvalue weighted by Gasteiger charge is -2.28. The Hall–Kier alpha value is -4.28. The van der Waals surface area contributed by atoms with Gasteiger partial charge in [0, 0.05) is 31.4 Å². The monoisotopic (exact) mass is 559 g/mol. The number of rotatable bonds is 8. The van der Waals surface area contributed by atoms with Crippen molar-refractivity contribution < 1.29 is 28.9 Å². The van der Waals surface area contributed by atoms with Crippen molar-refractivity contribution in [3.8, 4) is 11.5 Å². The first-order valence-corrected chi connectivity index (χ1v) is 13.6. The minimum absolute atomic E-state index is 0.131. The maximum absolute atomic E-state index is 13.1. The van der Waals surface area contributed by atoms with E-state index in [1.807, 2.05) is 36.4 Å². The first kappa shape index (κ1) is 27.3. The number of carbonyl (C=O) groups is 2. The molecule has 1 N–H and O–H groups in total. The Morgan fingerprint density at radius 2 is 1.85 bits per heavy atom. The highest BCUT2D eigenvalue weighted by atomic mass is 32.2. The number of carbonyl (C=O) groups excluding carboxylic acids is 1. The third-order valence-corrected chi connectivity index (χ3v) is 7.59. The number of aromatic carboxylic acids is 1. The van der Waals surface area contributed by atoms with Crippen LogP contribution in [0.4, 0.5) is 11.4 Å². The molecule has 0 bridgehead atoms. The number of hydrogen-bond donors (Lipinski definition) is 1. The molecule has 2 heterocycles. The van der Waals surface area contributed by atoms with Gasteiger partial charge in [0.05, 0.1) is 36.5 Å². The van der Waals surface area contributed by atoms with Gasteiger partial charge in [-0.25, -0.2) is 9.79 Å². The molecule has 2 fully saturated rings. The molecule has 9 nitrogen and oxygen atoms in total. The van der Waals surface area contributed by atoms with Gasteiger partial charge < -0.3 is 24.2 Å². The van der Waals surface area contributed by atoms with Crippen LogP contribution in [0.3, 0.4) is 0 Å². The van der Waals surface area contributed by atoms with Gasteiger partial charge in [-0.3, -0.25) is 9.69 Å². The van der Waals surface area contributed by atoms with E-state index in [0.717, 1.165) is 37.7 Å². The molecule has 2 saturated heterocycles. The van der Waals surface area contributed by atoms with Crippen molar-refractivity contribution in [3.05, 3.63) is 88.3 Å². The average Bonchev–Trinajstić information content (AvgIpc) is 3.24. The van der Waals surface area contributed by atoms with E-state index in [1.165, 1.54) is 22.7 Å². The van der Waals surface area contributed by atoms with Gasteiger partial charge in [-0.15, -0.1) is 0 Å². The van der Waals surface area contributed by atoms with Gasteiger partial charge in [0.15, 0.2) is 16.7 Å². The number of benzene rings is 3. The molecule has 0 aromatic heterocycles. The van der Waals surface area contributed by atoms with Crippen LogP contribution in [0.1, 0.15) is 21.5 Å². The largest absolute Gasteiger partial charge is 0.493 e. The van der Waals surface area contributed by atoms with Gasteiger partial charge in [0.2, 0.25) is 0 Å². The fourth-order valence-electron chi connectivity index (χ4n) is 4.37. The fourth-order valence-corrected chi connectivity index (χ4v) is 5.35. The molecule has 0 spiro atoms. The van der Waals surface area contributed by atoms with E-state index < -0.39 is 5.97 Å². The molecule has 1 amide bonds. The second-order valence-corrected chi connectivity index (χ2v) is 10.2. The SMILES string of the molecule is COc1cccc(/C=C2/SC(=Nc3ccc(N4CCOCC4)cc3)N(C)C2=O)c1OCc1cccc(C(=O)O)c1. The summed E-state index contributed by atoms with van der Waals surface area (Å²) in [6.45, 7) is 3.30. The van der Waals surface area contributed by atoms with Crippen molar-refractivity contribution in [2.45, 2.75) is 6.61 Å². The van der Waals surface area contributed by atoms with Crippen LogP contribution in [0, 0.1) is 0 Å². The smallest absolute Gasteiger partial charge is 0.335 e. The quantitative estimate of drug-likeness (QED) is 0.383. The summed E-state index contributed by atoms with van der Waals surface area (Å²) in [4.78, 5) is 33.5. The summed E-state index contributed by atoms with van der Waals surface area (Å²) in [6, 6.07) is 20.0. The summed E-state index contributed by atoms with van der Waals surface area (Å²) in [7, 11) is 3.25. The number of aliphatic imine (C=N–C) groups is 1. The lowest BCUT2D eigenvalue weighted by atomic mass is 10.1. The number of carboxylic acid groups (broad SMARTS) is 1. The number of ether oxygens (including phenoxy) is 3. The van der Waals surface area contributed by atoms with Gasteiger partial charge in [-0.05, 0) is 65.9 Å². The third-order valence-electron chi connectivity index (χ3n) is 6.53. The van der Waals surface area contributed by atoms with E-state index >= 15 is 0 Å². The second-order valence-electron chi connectivity index (χ2n) is 9.16. The van der Waals surface area contributed by atoms with Crippen LogP contribution >= 0.6 is 11.8 Å². The van der Waals surface area contributed by atoms with Crippen LogP contribution < -0.4 is 14.4 Å². The summed E-state index contributed by atoms with van der Waals surface area (Å²) in [6.07, 6.45) is 1.76. The third kappa shape index (κ3) is 6.13. The van der Waals surface area contributed by atoms with Crippen molar-refractivity contribution in [2.75, 3.05) is 45.4 Å². The number of hydrogen-bond acceptors (Lipinski definition) is 8. The van der Waals surface area contributed by atoms with Gasteiger partial charge in [0.1, 0.15) is 6.61 Å². The number of likely N-dealkylation sites (N-methyl/N-ethyl adjacent to an activating group) is 1. The topological polar surface area (TPSA) is 101 Å². The van der Waals surface area contributed by atoms with Crippen LogP contribution in [-0.2, 0) is 16.1 Å². The Morgan fingerprint density at radius 1 is 1.10 bits per heavy atom. The summed E-state index contributed by atoms with van der Waals surface area (Å²) in [5, 5.41) is 9.86.